The van der Waals surface area contributed by atoms with E-state index in [0.717, 1.165) is 11.1 Å². The minimum absolute atomic E-state index is 0.127. The molecule has 0 aliphatic carbocycles. The molecule has 1 heterocycles. The second-order valence-electron chi connectivity index (χ2n) is 8.00. The third-order valence-corrected chi connectivity index (χ3v) is 4.90. The van der Waals surface area contributed by atoms with Crippen LogP contribution in [0.1, 0.15) is 41.8 Å². The van der Waals surface area contributed by atoms with E-state index in [9.17, 15) is 19.5 Å². The van der Waals surface area contributed by atoms with E-state index in [-0.39, 0.29) is 11.3 Å². The van der Waals surface area contributed by atoms with Crippen molar-refractivity contribution in [2.75, 3.05) is 0 Å². The van der Waals surface area contributed by atoms with Gasteiger partial charge in [0, 0.05) is 17.2 Å². The van der Waals surface area contributed by atoms with Crippen molar-refractivity contribution < 1.29 is 19.1 Å². The largest absolute Gasteiger partial charge is 0.480 e. The Morgan fingerprint density at radius 1 is 1.07 bits per heavy atom. The molecule has 0 saturated carbocycles. The van der Waals surface area contributed by atoms with Crippen molar-refractivity contribution in [1.29, 1.82) is 0 Å². The maximum Gasteiger partial charge on any atom is 0.326 e. The minimum atomic E-state index is -1.06. The second kappa shape index (κ2) is 8.53. The molecule has 0 fully saturated rings. The average Bonchev–Trinajstić information content (AvgIpc) is 2.67. The number of carboxylic acids is 1. The Bertz CT molecular complexity index is 1160. The summed E-state index contributed by atoms with van der Waals surface area (Å²) in [6, 6.07) is 10.8. The van der Waals surface area contributed by atoms with Crippen molar-refractivity contribution in [3.63, 3.8) is 0 Å². The molecule has 3 aromatic rings. The first kappa shape index (κ1) is 21.3. The maximum absolute atomic E-state index is 12.5. The predicted octanol–water partition coefficient (Wildman–Crippen LogP) is 4.31. The van der Waals surface area contributed by atoms with Gasteiger partial charge in [0.1, 0.15) is 17.4 Å². The van der Waals surface area contributed by atoms with Crippen LogP contribution in [0.4, 0.5) is 0 Å². The number of aliphatic carboxylic acids is 1. The van der Waals surface area contributed by atoms with E-state index in [1.807, 2.05) is 33.8 Å². The number of amides is 1. The van der Waals surface area contributed by atoms with E-state index in [4.69, 9.17) is 4.42 Å². The molecule has 30 heavy (non-hydrogen) atoms. The monoisotopic (exact) mass is 407 g/mol. The van der Waals surface area contributed by atoms with Crippen LogP contribution in [-0.4, -0.2) is 23.0 Å². The highest BCUT2D eigenvalue weighted by Crippen LogP contribution is 2.25. The number of carboxylic acid groups (broad SMARTS) is 1. The molecular weight excluding hydrogens is 382 g/mol. The summed E-state index contributed by atoms with van der Waals surface area (Å²) < 4.78 is 5.98. The number of hydrogen-bond acceptors (Lipinski definition) is 4. The van der Waals surface area contributed by atoms with E-state index in [0.29, 0.717) is 34.3 Å². The minimum Gasteiger partial charge on any atom is -0.480 e. The Morgan fingerprint density at radius 2 is 1.73 bits per heavy atom. The van der Waals surface area contributed by atoms with Crippen LogP contribution in [0, 0.1) is 19.8 Å². The fraction of sp³-hybridized carbons (Fsp3) is 0.292. The first-order valence-electron chi connectivity index (χ1n) is 9.85. The molecule has 1 unspecified atom stereocenters. The molecule has 2 aromatic carbocycles. The number of hydrogen-bond donors (Lipinski definition) is 2. The molecule has 2 N–H and O–H groups in total. The van der Waals surface area contributed by atoms with Crippen LogP contribution in [0.15, 0.2) is 51.7 Å². The van der Waals surface area contributed by atoms with Gasteiger partial charge >= 0.3 is 5.97 Å². The molecule has 1 atom stereocenters. The molecule has 0 aliphatic heterocycles. The molecule has 0 bridgehead atoms. The zero-order valence-electron chi connectivity index (χ0n) is 17.5. The summed E-state index contributed by atoms with van der Waals surface area (Å²) in [5.41, 5.74) is 3.28. The average molecular weight is 407 g/mol. The smallest absolute Gasteiger partial charge is 0.326 e. The van der Waals surface area contributed by atoms with E-state index in [1.165, 1.54) is 6.07 Å². The predicted molar refractivity (Wildman–Crippen MR) is 116 cm³/mol. The molecule has 6 heteroatoms. The van der Waals surface area contributed by atoms with Gasteiger partial charge in [-0.15, -0.1) is 0 Å². The van der Waals surface area contributed by atoms with Crippen LogP contribution in [0.5, 0.6) is 0 Å². The third kappa shape index (κ3) is 4.59. The number of carbonyl (C=O) groups excluding carboxylic acids is 1. The molecule has 1 aromatic heterocycles. The summed E-state index contributed by atoms with van der Waals surface area (Å²) in [5, 5.41) is 12.4. The van der Waals surface area contributed by atoms with Crippen LogP contribution >= 0.6 is 0 Å². The number of carbonyl (C=O) groups is 2. The number of rotatable bonds is 6. The Hall–Kier alpha value is -3.41. The molecule has 0 saturated heterocycles. The highest BCUT2D eigenvalue weighted by Gasteiger charge is 2.21. The van der Waals surface area contributed by atoms with Crippen molar-refractivity contribution in [3.05, 3.63) is 69.4 Å². The van der Waals surface area contributed by atoms with Crippen molar-refractivity contribution in [3.8, 4) is 11.3 Å². The number of fused-ring (bicyclic) bond motifs is 1. The SMILES string of the molecule is Cc1cc(C)c2oc(-c3ccc(C(=O)NC(CC(C)C)C(=O)O)cc3)cc(=O)c2c1. The normalized spacial score (nSPS) is 12.2. The van der Waals surface area contributed by atoms with Gasteiger partial charge in [-0.05, 0) is 55.5 Å². The Morgan fingerprint density at radius 3 is 2.33 bits per heavy atom. The second-order valence-corrected chi connectivity index (χ2v) is 8.00. The standard InChI is InChI=1S/C24H25NO5/c1-13(2)9-19(24(28)29)25-23(27)17-7-5-16(6-8-17)21-12-20(26)18-11-14(3)10-15(4)22(18)30-21/h5-8,10-13,19H,9H2,1-4H3,(H,25,27)(H,28,29). The van der Waals surface area contributed by atoms with E-state index >= 15 is 0 Å². The lowest BCUT2D eigenvalue weighted by Gasteiger charge is -2.16. The lowest BCUT2D eigenvalue weighted by atomic mass is 10.0. The molecule has 0 aliphatic rings. The topological polar surface area (TPSA) is 96.6 Å². The zero-order chi connectivity index (χ0) is 22.0. The van der Waals surface area contributed by atoms with Gasteiger partial charge in [-0.25, -0.2) is 4.79 Å². The molecule has 1 amide bonds. The molecule has 6 nitrogen and oxygen atoms in total. The molecule has 156 valence electrons. The molecule has 3 rings (SSSR count). The lowest BCUT2D eigenvalue weighted by molar-refractivity contribution is -0.139. The van der Waals surface area contributed by atoms with Gasteiger partial charge in [0.05, 0.1) is 5.39 Å². The van der Waals surface area contributed by atoms with Crippen LogP contribution in [0.25, 0.3) is 22.3 Å². The van der Waals surface area contributed by atoms with Crippen LogP contribution < -0.4 is 10.7 Å². The molecular formula is C24H25NO5. The van der Waals surface area contributed by atoms with E-state index in [2.05, 4.69) is 5.32 Å². The van der Waals surface area contributed by atoms with Gasteiger partial charge in [-0.2, -0.15) is 0 Å². The summed E-state index contributed by atoms with van der Waals surface area (Å²) in [7, 11) is 0. The molecule has 0 radical (unpaired) electrons. The van der Waals surface area contributed by atoms with Gasteiger partial charge in [0.25, 0.3) is 5.91 Å². The van der Waals surface area contributed by atoms with Crippen molar-refractivity contribution in [1.82, 2.24) is 5.32 Å². The van der Waals surface area contributed by atoms with Crippen LogP contribution in [0.3, 0.4) is 0 Å². The van der Waals surface area contributed by atoms with Gasteiger partial charge < -0.3 is 14.8 Å². The zero-order valence-corrected chi connectivity index (χ0v) is 17.5. The summed E-state index contributed by atoms with van der Waals surface area (Å²) in [5.74, 6) is -0.968. The number of nitrogens with one attached hydrogen (secondary N) is 1. The van der Waals surface area contributed by atoms with Crippen molar-refractivity contribution >= 4 is 22.8 Å². The fourth-order valence-electron chi connectivity index (χ4n) is 3.47. The van der Waals surface area contributed by atoms with Crippen molar-refractivity contribution in [2.45, 2.75) is 40.2 Å². The summed E-state index contributed by atoms with van der Waals surface area (Å²) in [6.45, 7) is 7.62. The van der Waals surface area contributed by atoms with Gasteiger partial charge in [0.15, 0.2) is 5.43 Å². The summed E-state index contributed by atoms with van der Waals surface area (Å²) >= 11 is 0. The number of benzene rings is 2. The van der Waals surface area contributed by atoms with Gasteiger partial charge in [-0.3, -0.25) is 9.59 Å². The number of aryl methyl sites for hydroxylation is 2. The van der Waals surface area contributed by atoms with Crippen LogP contribution in [-0.2, 0) is 4.79 Å². The summed E-state index contributed by atoms with van der Waals surface area (Å²) in [4.78, 5) is 36.4. The Balaban J connectivity index is 1.88. The Labute approximate surface area is 174 Å². The fourth-order valence-corrected chi connectivity index (χ4v) is 3.47. The van der Waals surface area contributed by atoms with Gasteiger partial charge in [-0.1, -0.05) is 32.0 Å². The highest BCUT2D eigenvalue weighted by atomic mass is 16.4. The van der Waals surface area contributed by atoms with E-state index in [1.54, 1.807) is 30.3 Å². The summed E-state index contributed by atoms with van der Waals surface area (Å²) in [6.07, 6.45) is 0.347. The van der Waals surface area contributed by atoms with Crippen molar-refractivity contribution in [2.24, 2.45) is 5.92 Å². The quantitative estimate of drug-likeness (QED) is 0.635. The maximum atomic E-state index is 12.5. The highest BCUT2D eigenvalue weighted by molar-refractivity contribution is 5.97. The third-order valence-electron chi connectivity index (χ3n) is 4.90. The first-order valence-corrected chi connectivity index (χ1v) is 9.85. The van der Waals surface area contributed by atoms with Gasteiger partial charge in [0.2, 0.25) is 0 Å². The lowest BCUT2D eigenvalue weighted by Crippen LogP contribution is -2.41. The Kier molecular flexibility index (Phi) is 6.06. The van der Waals surface area contributed by atoms with Crippen LogP contribution in [0.2, 0.25) is 0 Å². The van der Waals surface area contributed by atoms with E-state index < -0.39 is 17.9 Å². The molecule has 0 spiro atoms. The first-order chi connectivity index (χ1) is 14.2.